The van der Waals surface area contributed by atoms with Crippen LogP contribution in [0.25, 0.3) is 28.1 Å². The number of primary amides is 1. The molecular formula is C25H25FN2O3. The van der Waals surface area contributed by atoms with Crippen molar-refractivity contribution in [2.75, 3.05) is 0 Å². The van der Waals surface area contributed by atoms with Crippen molar-refractivity contribution >= 4 is 22.9 Å². The van der Waals surface area contributed by atoms with Crippen LogP contribution in [-0.4, -0.2) is 33.3 Å². The van der Waals surface area contributed by atoms with E-state index in [-0.39, 0.29) is 18.7 Å². The van der Waals surface area contributed by atoms with Gasteiger partial charge in [0.05, 0.1) is 29.8 Å². The Morgan fingerprint density at radius 2 is 1.87 bits per heavy atom. The van der Waals surface area contributed by atoms with Gasteiger partial charge >= 0.3 is 0 Å². The molecule has 0 bridgehead atoms. The number of nitrogens with two attached hydrogens (primary N) is 1. The molecule has 1 saturated carbocycles. The van der Waals surface area contributed by atoms with Gasteiger partial charge in [0, 0.05) is 28.9 Å². The number of benzene rings is 2. The molecule has 1 fully saturated rings. The summed E-state index contributed by atoms with van der Waals surface area (Å²) >= 11 is 0. The summed E-state index contributed by atoms with van der Waals surface area (Å²) in [4.78, 5) is 15.9. The Balaban J connectivity index is 1.79. The number of nitrogens with zero attached hydrogens (tertiary/aromatic N) is 1. The SMILES string of the molecule is NC(=O)CC(O)CC(O)/C=C/c1c(C2CC2)nc2ccccc2c1-c1ccc(F)cc1. The lowest BCUT2D eigenvalue weighted by Gasteiger charge is -2.16. The van der Waals surface area contributed by atoms with Crippen LogP contribution < -0.4 is 5.73 Å². The third kappa shape index (κ3) is 4.98. The maximum Gasteiger partial charge on any atom is 0.220 e. The number of carbonyl (C=O) groups is 1. The molecule has 1 heterocycles. The number of aliphatic hydroxyl groups excluding tert-OH is 2. The van der Waals surface area contributed by atoms with Gasteiger partial charge in [0.15, 0.2) is 0 Å². The summed E-state index contributed by atoms with van der Waals surface area (Å²) < 4.78 is 13.6. The maximum atomic E-state index is 13.6. The predicted octanol–water partition coefficient (Wildman–Crippen LogP) is 3.92. The number of hydrogen-bond acceptors (Lipinski definition) is 4. The van der Waals surface area contributed by atoms with Gasteiger partial charge in [0.2, 0.25) is 5.91 Å². The quantitative estimate of drug-likeness (QED) is 0.515. The number of amides is 1. The Bertz CT molecular complexity index is 1120. The van der Waals surface area contributed by atoms with E-state index in [4.69, 9.17) is 10.7 Å². The van der Waals surface area contributed by atoms with Gasteiger partial charge in [-0.05, 0) is 36.6 Å². The number of fused-ring (bicyclic) bond motifs is 1. The molecule has 160 valence electrons. The molecule has 1 aliphatic rings. The largest absolute Gasteiger partial charge is 0.392 e. The van der Waals surface area contributed by atoms with E-state index in [1.54, 1.807) is 18.2 Å². The lowest BCUT2D eigenvalue weighted by Crippen LogP contribution is -2.23. The first-order valence-corrected chi connectivity index (χ1v) is 10.4. The Labute approximate surface area is 180 Å². The van der Waals surface area contributed by atoms with Crippen LogP contribution >= 0.6 is 0 Å². The lowest BCUT2D eigenvalue weighted by molar-refractivity contribution is -0.120. The van der Waals surface area contributed by atoms with Crippen molar-refractivity contribution in [1.29, 1.82) is 0 Å². The fourth-order valence-corrected chi connectivity index (χ4v) is 3.89. The van der Waals surface area contributed by atoms with Gasteiger partial charge in [0.25, 0.3) is 0 Å². The zero-order chi connectivity index (χ0) is 22.0. The summed E-state index contributed by atoms with van der Waals surface area (Å²) in [7, 11) is 0. The number of aliphatic hydroxyl groups is 2. The molecule has 0 radical (unpaired) electrons. The highest BCUT2D eigenvalue weighted by Crippen LogP contribution is 2.45. The molecule has 1 aromatic heterocycles. The first-order chi connectivity index (χ1) is 14.9. The molecule has 0 saturated heterocycles. The van der Waals surface area contributed by atoms with Crippen molar-refractivity contribution < 1.29 is 19.4 Å². The molecule has 2 atom stereocenters. The molecule has 2 unspecified atom stereocenters. The summed E-state index contributed by atoms with van der Waals surface area (Å²) in [6.45, 7) is 0. The third-order valence-corrected chi connectivity index (χ3v) is 5.49. The Hall–Kier alpha value is -3.09. The van der Waals surface area contributed by atoms with Crippen LogP contribution in [-0.2, 0) is 4.79 Å². The molecular weight excluding hydrogens is 395 g/mol. The number of rotatable bonds is 8. The van der Waals surface area contributed by atoms with E-state index in [2.05, 4.69) is 0 Å². The summed E-state index contributed by atoms with van der Waals surface area (Å²) in [6, 6.07) is 14.2. The molecule has 1 aliphatic carbocycles. The fraction of sp³-hybridized carbons (Fsp3) is 0.280. The van der Waals surface area contributed by atoms with E-state index in [1.165, 1.54) is 12.1 Å². The van der Waals surface area contributed by atoms with E-state index in [9.17, 15) is 19.4 Å². The van der Waals surface area contributed by atoms with Crippen LogP contribution in [0.2, 0.25) is 0 Å². The molecule has 0 spiro atoms. The number of aromatic nitrogens is 1. The average molecular weight is 420 g/mol. The highest BCUT2D eigenvalue weighted by atomic mass is 19.1. The summed E-state index contributed by atoms with van der Waals surface area (Å²) in [5, 5.41) is 21.2. The normalized spacial score (nSPS) is 16.0. The summed E-state index contributed by atoms with van der Waals surface area (Å²) in [5.74, 6) is -0.571. The molecule has 5 nitrogen and oxygen atoms in total. The molecule has 4 N–H and O–H groups in total. The van der Waals surface area contributed by atoms with Gasteiger partial charge in [-0.3, -0.25) is 9.78 Å². The minimum absolute atomic E-state index is 0.00505. The van der Waals surface area contributed by atoms with Gasteiger partial charge < -0.3 is 15.9 Å². The lowest BCUT2D eigenvalue weighted by atomic mass is 9.92. The summed E-state index contributed by atoms with van der Waals surface area (Å²) in [6.07, 6.45) is 3.38. The monoisotopic (exact) mass is 420 g/mol. The van der Waals surface area contributed by atoms with E-state index in [0.717, 1.165) is 46.1 Å². The van der Waals surface area contributed by atoms with Gasteiger partial charge in [-0.1, -0.05) is 42.5 Å². The molecule has 6 heteroatoms. The summed E-state index contributed by atoms with van der Waals surface area (Å²) in [5.41, 5.74) is 9.63. The highest BCUT2D eigenvalue weighted by molar-refractivity contribution is 5.99. The third-order valence-electron chi connectivity index (χ3n) is 5.49. The van der Waals surface area contributed by atoms with E-state index in [0.29, 0.717) is 5.92 Å². The van der Waals surface area contributed by atoms with Crippen molar-refractivity contribution in [3.8, 4) is 11.1 Å². The van der Waals surface area contributed by atoms with Crippen LogP contribution in [0.4, 0.5) is 4.39 Å². The van der Waals surface area contributed by atoms with Crippen LogP contribution in [0.5, 0.6) is 0 Å². The van der Waals surface area contributed by atoms with Gasteiger partial charge in [-0.2, -0.15) is 0 Å². The number of hydrogen-bond donors (Lipinski definition) is 3. The minimum Gasteiger partial charge on any atom is -0.392 e. The standard InChI is InChI=1S/C25H25FN2O3/c26-17-9-7-15(8-10-17)24-20-3-1-2-4-22(20)28-25(16-5-6-16)21(24)12-11-18(29)13-19(30)14-23(27)31/h1-4,7-12,16,18-19,29-30H,5-6,13-14H2,(H2,27,31)/b12-11+. The molecule has 1 amide bonds. The van der Waals surface area contributed by atoms with Crippen LogP contribution in [0.1, 0.15) is 42.9 Å². The Morgan fingerprint density at radius 3 is 2.55 bits per heavy atom. The zero-order valence-corrected chi connectivity index (χ0v) is 17.0. The second-order valence-corrected chi connectivity index (χ2v) is 8.07. The first kappa shape index (κ1) is 21.2. The Kier molecular flexibility index (Phi) is 6.11. The number of carbonyl (C=O) groups excluding carboxylic acids is 1. The number of pyridine rings is 1. The minimum atomic E-state index is -1.01. The van der Waals surface area contributed by atoms with Crippen LogP contribution in [0, 0.1) is 5.82 Å². The van der Waals surface area contributed by atoms with Crippen molar-refractivity contribution in [3.63, 3.8) is 0 Å². The number of halogens is 1. The average Bonchev–Trinajstić information content (AvgIpc) is 3.56. The first-order valence-electron chi connectivity index (χ1n) is 10.4. The second-order valence-electron chi connectivity index (χ2n) is 8.07. The Morgan fingerprint density at radius 1 is 1.16 bits per heavy atom. The van der Waals surface area contributed by atoms with Gasteiger partial charge in [-0.25, -0.2) is 4.39 Å². The highest BCUT2D eigenvalue weighted by Gasteiger charge is 2.29. The second kappa shape index (κ2) is 8.96. The van der Waals surface area contributed by atoms with E-state index in [1.807, 2.05) is 30.3 Å². The van der Waals surface area contributed by atoms with Crippen LogP contribution in [0.15, 0.2) is 54.6 Å². The predicted molar refractivity (Wildman–Crippen MR) is 119 cm³/mol. The van der Waals surface area contributed by atoms with E-state index < -0.39 is 18.1 Å². The van der Waals surface area contributed by atoms with Crippen molar-refractivity contribution in [1.82, 2.24) is 4.98 Å². The van der Waals surface area contributed by atoms with Crippen LogP contribution in [0.3, 0.4) is 0 Å². The van der Waals surface area contributed by atoms with Crippen molar-refractivity contribution in [2.24, 2.45) is 5.73 Å². The molecule has 2 aromatic carbocycles. The van der Waals surface area contributed by atoms with Crippen molar-refractivity contribution in [3.05, 3.63) is 71.7 Å². The fourth-order valence-electron chi connectivity index (χ4n) is 3.89. The molecule has 0 aliphatic heterocycles. The molecule has 3 aromatic rings. The number of para-hydroxylation sites is 1. The van der Waals surface area contributed by atoms with E-state index >= 15 is 0 Å². The molecule has 31 heavy (non-hydrogen) atoms. The maximum absolute atomic E-state index is 13.6. The van der Waals surface area contributed by atoms with Crippen molar-refractivity contribution in [2.45, 2.75) is 43.8 Å². The topological polar surface area (TPSA) is 96.4 Å². The zero-order valence-electron chi connectivity index (χ0n) is 17.0. The molecule has 4 rings (SSSR count). The smallest absolute Gasteiger partial charge is 0.220 e. The van der Waals surface area contributed by atoms with Gasteiger partial charge in [0.1, 0.15) is 5.82 Å². The van der Waals surface area contributed by atoms with Gasteiger partial charge in [-0.15, -0.1) is 0 Å².